The van der Waals surface area contributed by atoms with Crippen LogP contribution in [0.4, 0.5) is 0 Å². The first-order chi connectivity index (χ1) is 7.38. The van der Waals surface area contributed by atoms with Crippen molar-refractivity contribution < 1.29 is 18.1 Å². The number of allylic oxidation sites excluding steroid dienone is 2. The Morgan fingerprint density at radius 2 is 2.06 bits per heavy atom. The lowest BCUT2D eigenvalue weighted by molar-refractivity contribution is 0.200. The van der Waals surface area contributed by atoms with Crippen molar-refractivity contribution in [2.24, 2.45) is 5.73 Å². The number of hydrogen-bond acceptors (Lipinski definition) is 4. The van der Waals surface area contributed by atoms with Gasteiger partial charge < -0.3 is 10.8 Å². The zero-order valence-corrected chi connectivity index (χ0v) is 9.57. The van der Waals surface area contributed by atoms with E-state index >= 15 is 0 Å². The minimum atomic E-state index is -4.19. The van der Waals surface area contributed by atoms with E-state index in [4.69, 9.17) is 10.3 Å². The zero-order chi connectivity index (χ0) is 11.9. The van der Waals surface area contributed by atoms with E-state index in [1.807, 2.05) is 0 Å². The highest BCUT2D eigenvalue weighted by Crippen LogP contribution is 2.35. The smallest absolute Gasteiger partial charge is 0.290 e. The molecule has 0 amide bonds. The predicted octanol–water partition coefficient (Wildman–Crippen LogP) is 0.331. The molecular weight excluding hydrogens is 230 g/mol. The van der Waals surface area contributed by atoms with Crippen molar-refractivity contribution in [2.45, 2.75) is 37.8 Å². The molecule has 0 radical (unpaired) electrons. The number of rotatable bonds is 1. The lowest BCUT2D eigenvalue weighted by Crippen LogP contribution is -2.31. The summed E-state index contributed by atoms with van der Waals surface area (Å²) >= 11 is 0. The molecule has 0 bridgehead atoms. The second-order valence-corrected chi connectivity index (χ2v) is 5.83. The van der Waals surface area contributed by atoms with Crippen molar-refractivity contribution in [3.63, 3.8) is 0 Å². The van der Waals surface area contributed by atoms with Gasteiger partial charge in [0.1, 0.15) is 0 Å². The van der Waals surface area contributed by atoms with Crippen molar-refractivity contribution in [3.8, 4) is 0 Å². The molecule has 0 saturated carbocycles. The Hall–Kier alpha value is -0.690. The molecule has 0 spiro atoms. The highest BCUT2D eigenvalue weighted by molar-refractivity contribution is 7.89. The van der Waals surface area contributed by atoms with Gasteiger partial charge in [0.15, 0.2) is 0 Å². The first kappa shape index (κ1) is 11.8. The van der Waals surface area contributed by atoms with Crippen molar-refractivity contribution in [1.82, 2.24) is 0 Å². The third-order valence-corrected chi connectivity index (χ3v) is 4.09. The van der Waals surface area contributed by atoms with Crippen LogP contribution in [0.15, 0.2) is 22.1 Å². The topological polar surface area (TPSA) is 101 Å². The standard InChI is InChI=1S/C10H15NO4S/c11-7-2-1-6-3-8(16(13,14)15)5-10(12)9(6)4-7/h3,7,10,12H,1-2,4-5,11H2,(H,13,14,15). The van der Waals surface area contributed by atoms with Crippen LogP contribution in [0.3, 0.4) is 0 Å². The molecule has 16 heavy (non-hydrogen) atoms. The van der Waals surface area contributed by atoms with Gasteiger partial charge in [-0.1, -0.05) is 0 Å². The van der Waals surface area contributed by atoms with Gasteiger partial charge in [-0.05, 0) is 36.5 Å². The molecule has 2 rings (SSSR count). The van der Waals surface area contributed by atoms with Crippen LogP contribution < -0.4 is 5.73 Å². The second kappa shape index (κ2) is 3.96. The Morgan fingerprint density at radius 1 is 1.38 bits per heavy atom. The van der Waals surface area contributed by atoms with Gasteiger partial charge in [0.05, 0.1) is 11.0 Å². The van der Waals surface area contributed by atoms with Crippen LogP contribution in [0.25, 0.3) is 0 Å². The molecule has 0 aromatic carbocycles. The Bertz CT molecular complexity index is 463. The maximum absolute atomic E-state index is 11.0. The quantitative estimate of drug-likeness (QED) is 0.578. The average molecular weight is 245 g/mol. The predicted molar refractivity (Wildman–Crippen MR) is 59.1 cm³/mol. The monoisotopic (exact) mass is 245 g/mol. The fourth-order valence-electron chi connectivity index (χ4n) is 2.28. The van der Waals surface area contributed by atoms with Crippen LogP contribution in [0, 0.1) is 0 Å². The Labute approximate surface area is 94.4 Å². The van der Waals surface area contributed by atoms with Crippen molar-refractivity contribution >= 4 is 10.1 Å². The van der Waals surface area contributed by atoms with E-state index in [1.54, 1.807) is 0 Å². The van der Waals surface area contributed by atoms with Gasteiger partial charge in [0, 0.05) is 12.5 Å². The molecule has 0 saturated heterocycles. The summed E-state index contributed by atoms with van der Waals surface area (Å²) in [6.45, 7) is 0. The van der Waals surface area contributed by atoms with Crippen molar-refractivity contribution in [3.05, 3.63) is 22.1 Å². The van der Waals surface area contributed by atoms with Crippen LogP contribution in [-0.2, 0) is 10.1 Å². The van der Waals surface area contributed by atoms with Crippen LogP contribution in [-0.4, -0.2) is 30.2 Å². The third kappa shape index (κ3) is 2.20. The van der Waals surface area contributed by atoms with E-state index < -0.39 is 16.2 Å². The molecule has 0 aromatic rings. The van der Waals surface area contributed by atoms with E-state index in [0.717, 1.165) is 17.6 Å². The summed E-state index contributed by atoms with van der Waals surface area (Å²) in [6.07, 6.45) is 2.63. The van der Waals surface area contributed by atoms with Gasteiger partial charge in [-0.2, -0.15) is 8.42 Å². The molecule has 2 atom stereocenters. The number of nitrogens with two attached hydrogens (primary N) is 1. The van der Waals surface area contributed by atoms with E-state index in [2.05, 4.69) is 0 Å². The lowest BCUT2D eigenvalue weighted by atomic mass is 9.82. The molecule has 0 fully saturated rings. The molecule has 0 aliphatic heterocycles. The minimum absolute atomic E-state index is 0.0362. The van der Waals surface area contributed by atoms with Crippen LogP contribution in [0.2, 0.25) is 0 Å². The molecule has 0 heterocycles. The summed E-state index contributed by atoms with van der Waals surface area (Å²) in [5.41, 5.74) is 7.43. The molecule has 0 aromatic heterocycles. The largest absolute Gasteiger partial charge is 0.388 e. The molecule has 4 N–H and O–H groups in total. The summed E-state index contributed by atoms with van der Waals surface area (Å²) < 4.78 is 30.9. The minimum Gasteiger partial charge on any atom is -0.388 e. The fraction of sp³-hybridized carbons (Fsp3) is 0.600. The second-order valence-electron chi connectivity index (χ2n) is 4.36. The summed E-state index contributed by atoms with van der Waals surface area (Å²) in [4.78, 5) is -0.103. The number of aliphatic hydroxyl groups is 1. The summed E-state index contributed by atoms with van der Waals surface area (Å²) in [6, 6.07) is 0.0362. The molecule has 2 unspecified atom stereocenters. The zero-order valence-electron chi connectivity index (χ0n) is 8.76. The van der Waals surface area contributed by atoms with E-state index in [0.29, 0.717) is 12.8 Å². The highest BCUT2D eigenvalue weighted by Gasteiger charge is 2.30. The SMILES string of the molecule is NC1CCC2=C(C1)C(O)CC(S(=O)(=O)O)=C2. The van der Waals surface area contributed by atoms with Gasteiger partial charge in [0.25, 0.3) is 10.1 Å². The third-order valence-electron chi connectivity index (χ3n) is 3.14. The lowest BCUT2D eigenvalue weighted by Gasteiger charge is -2.30. The van der Waals surface area contributed by atoms with Gasteiger partial charge >= 0.3 is 0 Å². The van der Waals surface area contributed by atoms with E-state index in [9.17, 15) is 13.5 Å². The number of aliphatic hydroxyl groups excluding tert-OH is 1. The van der Waals surface area contributed by atoms with Crippen molar-refractivity contribution in [2.75, 3.05) is 0 Å². The Morgan fingerprint density at radius 3 is 2.69 bits per heavy atom. The highest BCUT2D eigenvalue weighted by atomic mass is 32.2. The molecule has 2 aliphatic rings. The summed E-state index contributed by atoms with van der Waals surface area (Å²) in [5, 5.41) is 9.83. The normalized spacial score (nSPS) is 31.1. The van der Waals surface area contributed by atoms with E-state index in [1.165, 1.54) is 6.08 Å². The molecule has 90 valence electrons. The Kier molecular flexibility index (Phi) is 2.91. The number of hydrogen-bond donors (Lipinski definition) is 3. The average Bonchev–Trinajstić information content (AvgIpc) is 2.17. The molecular formula is C10H15NO4S. The summed E-state index contributed by atoms with van der Waals surface area (Å²) in [7, 11) is -4.19. The van der Waals surface area contributed by atoms with Gasteiger partial charge in [-0.3, -0.25) is 4.55 Å². The van der Waals surface area contributed by atoms with Gasteiger partial charge in [0.2, 0.25) is 0 Å². The summed E-state index contributed by atoms with van der Waals surface area (Å²) in [5.74, 6) is 0. The first-order valence-corrected chi connectivity index (χ1v) is 6.65. The van der Waals surface area contributed by atoms with E-state index in [-0.39, 0.29) is 17.4 Å². The van der Waals surface area contributed by atoms with Gasteiger partial charge in [-0.25, -0.2) is 0 Å². The van der Waals surface area contributed by atoms with Gasteiger partial charge in [-0.15, -0.1) is 0 Å². The van der Waals surface area contributed by atoms with Crippen LogP contribution in [0.1, 0.15) is 25.7 Å². The van der Waals surface area contributed by atoms with Crippen LogP contribution >= 0.6 is 0 Å². The fourth-order valence-corrected chi connectivity index (χ4v) is 2.94. The maximum atomic E-state index is 11.0. The first-order valence-electron chi connectivity index (χ1n) is 5.21. The maximum Gasteiger partial charge on any atom is 0.290 e. The van der Waals surface area contributed by atoms with Crippen LogP contribution in [0.5, 0.6) is 0 Å². The Balaban J connectivity index is 2.39. The molecule has 5 nitrogen and oxygen atoms in total. The molecule has 2 aliphatic carbocycles. The molecule has 6 heteroatoms. The van der Waals surface area contributed by atoms with Crippen molar-refractivity contribution in [1.29, 1.82) is 0 Å².